The molecule has 1 aliphatic rings. The maximum atomic E-state index is 12.2. The molecule has 1 heterocycles. The predicted octanol–water partition coefficient (Wildman–Crippen LogP) is -0.655. The highest BCUT2D eigenvalue weighted by Crippen LogP contribution is 2.12. The van der Waals surface area contributed by atoms with E-state index in [1.54, 1.807) is 6.92 Å². The molecule has 1 aliphatic heterocycles. The van der Waals surface area contributed by atoms with Gasteiger partial charge in [-0.05, 0) is 19.4 Å². The Morgan fingerprint density at radius 2 is 1.83 bits per heavy atom. The Morgan fingerprint density at radius 3 is 2.42 bits per heavy atom. The Labute approximate surface area is 140 Å². The minimum atomic E-state index is -4.36. The third kappa shape index (κ3) is 5.49. The van der Waals surface area contributed by atoms with Crippen molar-refractivity contribution in [2.24, 2.45) is 0 Å². The number of nitrogens with one attached hydrogen (secondary N) is 3. The van der Waals surface area contributed by atoms with E-state index >= 15 is 0 Å². The van der Waals surface area contributed by atoms with Crippen LogP contribution in [-0.4, -0.2) is 50.8 Å². The molecule has 1 aromatic carbocycles. The molecule has 1 fully saturated rings. The van der Waals surface area contributed by atoms with Gasteiger partial charge in [-0.25, -0.2) is 0 Å². The average Bonchev–Trinajstić information content (AvgIpc) is 2.54. The summed E-state index contributed by atoms with van der Waals surface area (Å²) in [5.74, 6) is -0.523. The summed E-state index contributed by atoms with van der Waals surface area (Å²) in [6.45, 7) is 6.92. The zero-order valence-corrected chi connectivity index (χ0v) is 14.2. The molecule has 0 aromatic heterocycles. The number of carbonyl (C=O) groups excluding carboxylic acids is 1. The molecule has 1 amide bonds. The maximum Gasteiger partial charge on any atom is 0.405 e. The molecule has 0 unspecified atom stereocenters. The first kappa shape index (κ1) is 18.7. The fraction of sp³-hybridized carbons (Fsp3) is 0.588. The van der Waals surface area contributed by atoms with Crippen LogP contribution in [0.2, 0.25) is 0 Å². The molecule has 1 aromatic rings. The number of rotatable bonds is 5. The molecule has 0 radical (unpaired) electrons. The number of hydrogen-bond donors (Lipinski definition) is 3. The largest absolute Gasteiger partial charge is 0.405 e. The molecule has 0 spiro atoms. The molecular weight excluding hydrogens is 319 g/mol. The summed E-state index contributed by atoms with van der Waals surface area (Å²) in [6.07, 6.45) is -4.36. The van der Waals surface area contributed by atoms with E-state index in [4.69, 9.17) is 0 Å². The summed E-state index contributed by atoms with van der Waals surface area (Å²) in [5, 5.41) is 1.99. The zero-order valence-electron chi connectivity index (χ0n) is 14.2. The van der Waals surface area contributed by atoms with E-state index in [-0.39, 0.29) is 0 Å². The lowest BCUT2D eigenvalue weighted by atomic mass is 10.1. The number of aryl methyl sites for hydroxylation is 1. The third-order valence-corrected chi connectivity index (χ3v) is 4.77. The first-order chi connectivity index (χ1) is 11.3. The van der Waals surface area contributed by atoms with Crippen LogP contribution in [0, 0.1) is 6.92 Å². The van der Waals surface area contributed by atoms with Gasteiger partial charge >= 0.3 is 6.18 Å². The van der Waals surface area contributed by atoms with Crippen LogP contribution in [0.25, 0.3) is 0 Å². The quantitative estimate of drug-likeness (QED) is 0.652. The van der Waals surface area contributed by atoms with E-state index in [9.17, 15) is 18.0 Å². The molecule has 1 atom stereocenters. The lowest BCUT2D eigenvalue weighted by Crippen LogP contribution is -3.29. The van der Waals surface area contributed by atoms with Crippen LogP contribution < -0.4 is 15.1 Å². The van der Waals surface area contributed by atoms with E-state index in [2.05, 4.69) is 19.1 Å². The molecule has 2 rings (SSSR count). The number of halogens is 3. The molecule has 24 heavy (non-hydrogen) atoms. The van der Waals surface area contributed by atoms with Crippen LogP contribution >= 0.6 is 0 Å². The highest BCUT2D eigenvalue weighted by atomic mass is 19.4. The van der Waals surface area contributed by atoms with Crippen molar-refractivity contribution >= 4 is 5.91 Å². The van der Waals surface area contributed by atoms with Gasteiger partial charge in [0.1, 0.15) is 39.3 Å². The van der Waals surface area contributed by atoms with Crippen LogP contribution in [0.1, 0.15) is 18.1 Å². The highest BCUT2D eigenvalue weighted by Gasteiger charge is 2.34. The van der Waals surface area contributed by atoms with E-state index < -0.39 is 24.7 Å². The Hall–Kier alpha value is -1.60. The summed E-state index contributed by atoms with van der Waals surface area (Å²) in [6, 6.07) is 7.85. The van der Waals surface area contributed by atoms with Crippen molar-refractivity contribution in [1.82, 2.24) is 5.32 Å². The van der Waals surface area contributed by atoms with Gasteiger partial charge in [0.05, 0.1) is 0 Å². The smallest absolute Gasteiger partial charge is 0.342 e. The minimum absolute atomic E-state index is 0.452. The minimum Gasteiger partial charge on any atom is -0.342 e. The van der Waals surface area contributed by atoms with Gasteiger partial charge in [-0.1, -0.05) is 24.3 Å². The molecule has 1 saturated heterocycles. The number of carbonyl (C=O) groups is 1. The predicted molar refractivity (Wildman–Crippen MR) is 84.8 cm³/mol. The second-order valence-corrected chi connectivity index (χ2v) is 6.57. The average molecular weight is 345 g/mol. The van der Waals surface area contributed by atoms with Gasteiger partial charge in [-0.15, -0.1) is 0 Å². The van der Waals surface area contributed by atoms with Gasteiger partial charge in [-0.2, -0.15) is 13.2 Å². The molecule has 0 aliphatic carbocycles. The molecule has 0 saturated carbocycles. The van der Waals surface area contributed by atoms with Gasteiger partial charge in [0.2, 0.25) is 0 Å². The number of piperazine rings is 1. The standard InChI is InChI=1S/C17H24F3N3O/c1-13-5-3-4-6-15(13)11-22-7-9-23(10-8-22)14(2)16(24)21-12-17(18,19)20/h3-6,14H,7-12H2,1-2H3,(H,21,24)/p+2/t14-/m1/s1. The van der Waals surface area contributed by atoms with Crippen LogP contribution in [0.4, 0.5) is 13.2 Å². The summed E-state index contributed by atoms with van der Waals surface area (Å²) in [4.78, 5) is 14.4. The molecule has 7 heteroatoms. The number of amides is 1. The summed E-state index contributed by atoms with van der Waals surface area (Å²) < 4.78 is 36.6. The molecule has 4 nitrogen and oxygen atoms in total. The molecule has 134 valence electrons. The Balaban J connectivity index is 1.79. The fourth-order valence-electron chi connectivity index (χ4n) is 3.14. The fourth-order valence-corrected chi connectivity index (χ4v) is 3.14. The highest BCUT2D eigenvalue weighted by molar-refractivity contribution is 5.79. The van der Waals surface area contributed by atoms with E-state index in [0.717, 1.165) is 37.6 Å². The number of alkyl halides is 3. The lowest BCUT2D eigenvalue weighted by molar-refractivity contribution is -1.02. The first-order valence-corrected chi connectivity index (χ1v) is 8.33. The summed E-state index contributed by atoms with van der Waals surface area (Å²) in [5.41, 5.74) is 2.60. The number of quaternary nitrogens is 2. The number of benzene rings is 1. The van der Waals surface area contributed by atoms with E-state index in [1.165, 1.54) is 16.0 Å². The van der Waals surface area contributed by atoms with Gasteiger partial charge in [0, 0.05) is 5.56 Å². The second-order valence-electron chi connectivity index (χ2n) is 6.57. The SMILES string of the molecule is Cc1ccccc1C[NH+]1CC[NH+]([C@H](C)C(=O)NCC(F)(F)F)CC1. The van der Waals surface area contributed by atoms with Crippen molar-refractivity contribution in [1.29, 1.82) is 0 Å². The molecular formula is C17H26F3N3O+2. The summed E-state index contributed by atoms with van der Waals surface area (Å²) in [7, 11) is 0. The van der Waals surface area contributed by atoms with Crippen molar-refractivity contribution in [3.8, 4) is 0 Å². The number of hydrogen-bond acceptors (Lipinski definition) is 1. The zero-order chi connectivity index (χ0) is 17.7. The van der Waals surface area contributed by atoms with Gasteiger partial charge in [0.15, 0.2) is 6.04 Å². The monoisotopic (exact) mass is 345 g/mol. The van der Waals surface area contributed by atoms with Gasteiger partial charge in [-0.3, -0.25) is 4.79 Å². The van der Waals surface area contributed by atoms with E-state index in [1.807, 2.05) is 17.4 Å². The normalized spacial score (nSPS) is 22.9. The van der Waals surface area contributed by atoms with E-state index in [0.29, 0.717) is 0 Å². The van der Waals surface area contributed by atoms with Crippen LogP contribution in [-0.2, 0) is 11.3 Å². The van der Waals surface area contributed by atoms with Crippen molar-refractivity contribution in [3.63, 3.8) is 0 Å². The van der Waals surface area contributed by atoms with Gasteiger partial charge < -0.3 is 15.1 Å². The summed E-state index contributed by atoms with van der Waals surface area (Å²) >= 11 is 0. The van der Waals surface area contributed by atoms with Gasteiger partial charge in [0.25, 0.3) is 5.91 Å². The second kappa shape index (κ2) is 7.98. The lowest BCUT2D eigenvalue weighted by Gasteiger charge is -2.32. The van der Waals surface area contributed by atoms with Crippen LogP contribution in [0.3, 0.4) is 0 Å². The topological polar surface area (TPSA) is 38.0 Å². The van der Waals surface area contributed by atoms with Crippen molar-refractivity contribution in [3.05, 3.63) is 35.4 Å². The maximum absolute atomic E-state index is 12.2. The van der Waals surface area contributed by atoms with Crippen LogP contribution in [0.15, 0.2) is 24.3 Å². The first-order valence-electron chi connectivity index (χ1n) is 8.33. The third-order valence-electron chi connectivity index (χ3n) is 4.77. The molecule has 3 N–H and O–H groups in total. The Bertz CT molecular complexity index is 554. The Morgan fingerprint density at radius 1 is 1.21 bits per heavy atom. The van der Waals surface area contributed by atoms with Crippen molar-refractivity contribution in [2.45, 2.75) is 32.6 Å². The van der Waals surface area contributed by atoms with Crippen LogP contribution in [0.5, 0.6) is 0 Å². The van der Waals surface area contributed by atoms with Crippen molar-refractivity contribution in [2.75, 3.05) is 32.7 Å². The molecule has 0 bridgehead atoms. The Kier molecular flexibility index (Phi) is 6.23. The van der Waals surface area contributed by atoms with Crippen molar-refractivity contribution < 1.29 is 27.8 Å².